The van der Waals surface area contributed by atoms with Crippen LogP contribution in [0.5, 0.6) is 0 Å². The first-order valence-corrected chi connectivity index (χ1v) is 22.7. The number of ether oxygens (including phenoxy) is 6. The first-order chi connectivity index (χ1) is 30.0. The number of nitrogens with zero attached hydrogens (tertiary/aromatic N) is 3. The van der Waals surface area contributed by atoms with Gasteiger partial charge in [-0.3, -0.25) is 4.79 Å². The summed E-state index contributed by atoms with van der Waals surface area (Å²) in [5, 5.41) is 7.20. The Labute approximate surface area is 365 Å². The molecule has 0 saturated carbocycles. The fourth-order valence-corrected chi connectivity index (χ4v) is 7.48. The van der Waals surface area contributed by atoms with Gasteiger partial charge in [0, 0.05) is 11.5 Å². The highest BCUT2D eigenvalue weighted by molar-refractivity contribution is 5.80. The number of azide groups is 1. The van der Waals surface area contributed by atoms with Crippen LogP contribution in [0.15, 0.2) is 109 Å². The quantitative estimate of drug-likeness (QED) is 0.0212. The zero-order chi connectivity index (χ0) is 43.2. The first-order valence-electron chi connectivity index (χ1n) is 22.7. The molecule has 1 saturated heterocycles. The molecule has 1 fully saturated rings. The van der Waals surface area contributed by atoms with Crippen molar-refractivity contribution in [1.29, 1.82) is 0 Å². The number of benzene rings is 3. The van der Waals surface area contributed by atoms with Crippen LogP contribution in [0.3, 0.4) is 0 Å². The Morgan fingerprint density at radius 2 is 1.25 bits per heavy atom. The van der Waals surface area contributed by atoms with Crippen molar-refractivity contribution in [2.45, 2.75) is 154 Å². The number of amides is 1. The third kappa shape index (κ3) is 20.1. The molecule has 0 aliphatic carbocycles. The Hall–Kier alpha value is -4.06. The largest absolute Gasteiger partial charge is 0.374 e. The van der Waals surface area contributed by atoms with E-state index in [4.69, 9.17) is 28.4 Å². The van der Waals surface area contributed by atoms with Crippen LogP contribution in [-0.4, -0.2) is 69.0 Å². The number of nitrogens with one attached hydrogen (secondary N) is 1. The van der Waals surface area contributed by atoms with E-state index in [0.717, 1.165) is 41.9 Å². The van der Waals surface area contributed by atoms with Crippen LogP contribution in [0, 0.1) is 5.92 Å². The second kappa shape index (κ2) is 30.9. The van der Waals surface area contributed by atoms with Gasteiger partial charge in [-0.1, -0.05) is 193 Å². The third-order valence-electron chi connectivity index (χ3n) is 10.9. The minimum absolute atomic E-state index is 0.137. The molecular weight excluding hydrogens is 769 g/mol. The normalized spacial score (nSPS) is 19.3. The highest BCUT2D eigenvalue weighted by Crippen LogP contribution is 2.31. The second-order valence-electron chi connectivity index (χ2n) is 16.4. The number of unbranched alkanes of at least 4 members (excludes halogenated alkanes) is 11. The van der Waals surface area contributed by atoms with Crippen molar-refractivity contribution in [2.75, 3.05) is 26.4 Å². The van der Waals surface area contributed by atoms with E-state index in [1.807, 2.05) is 91.0 Å². The predicted molar refractivity (Wildman–Crippen MR) is 241 cm³/mol. The van der Waals surface area contributed by atoms with Gasteiger partial charge in [0.2, 0.25) is 0 Å². The van der Waals surface area contributed by atoms with Crippen molar-refractivity contribution < 1.29 is 33.2 Å². The summed E-state index contributed by atoms with van der Waals surface area (Å²) < 4.78 is 38.2. The maximum absolute atomic E-state index is 13.5. The molecule has 0 bridgehead atoms. The highest BCUT2D eigenvalue weighted by atomic mass is 16.7. The second-order valence-corrected chi connectivity index (χ2v) is 16.4. The van der Waals surface area contributed by atoms with Crippen molar-refractivity contribution >= 4 is 5.91 Å². The minimum Gasteiger partial charge on any atom is -0.374 e. The van der Waals surface area contributed by atoms with Crippen LogP contribution in [-0.2, 0) is 53.0 Å². The SMILES string of the molecule is C=CCO[C@H](CO[C@H]1O[C@H](COCc2ccccc2)[C@@H](OCc2ccccc2)[C@H](OCc2ccccc2)[C@H]1N=[N+]=[N-])C(=O)NCCCCCCCCCCCCCCC(C)C. The van der Waals surface area contributed by atoms with Gasteiger partial charge in [0.25, 0.3) is 5.91 Å². The smallest absolute Gasteiger partial charge is 0.251 e. The summed E-state index contributed by atoms with van der Waals surface area (Å²) in [4.78, 5) is 16.7. The van der Waals surface area contributed by atoms with Gasteiger partial charge < -0.3 is 33.7 Å². The minimum atomic E-state index is -1.10. The van der Waals surface area contributed by atoms with Crippen molar-refractivity contribution in [3.8, 4) is 0 Å². The summed E-state index contributed by atoms with van der Waals surface area (Å²) >= 11 is 0. The van der Waals surface area contributed by atoms with E-state index in [0.29, 0.717) is 13.2 Å². The molecule has 0 aromatic heterocycles. The monoisotopic (exact) mass is 841 g/mol. The van der Waals surface area contributed by atoms with E-state index in [1.54, 1.807) is 6.08 Å². The molecule has 1 amide bonds. The van der Waals surface area contributed by atoms with Crippen LogP contribution in [0.4, 0.5) is 0 Å². The third-order valence-corrected chi connectivity index (χ3v) is 10.9. The molecule has 1 aliphatic heterocycles. The maximum atomic E-state index is 13.5. The number of rotatable bonds is 33. The van der Waals surface area contributed by atoms with E-state index in [1.165, 1.54) is 64.2 Å². The maximum Gasteiger partial charge on any atom is 0.251 e. The molecule has 11 nitrogen and oxygen atoms in total. The zero-order valence-electron chi connectivity index (χ0n) is 36.8. The summed E-state index contributed by atoms with van der Waals surface area (Å²) in [5.74, 6) is 0.533. The number of carbonyl (C=O) groups is 1. The molecule has 1 heterocycles. The van der Waals surface area contributed by atoms with E-state index >= 15 is 0 Å². The molecule has 334 valence electrons. The topological polar surface area (TPSA) is 133 Å². The average Bonchev–Trinajstić information content (AvgIpc) is 3.28. The Morgan fingerprint density at radius 3 is 1.77 bits per heavy atom. The van der Waals surface area contributed by atoms with Gasteiger partial charge in [-0.2, -0.15) is 0 Å². The lowest BCUT2D eigenvalue weighted by molar-refractivity contribution is -0.289. The molecule has 0 spiro atoms. The Morgan fingerprint density at radius 1 is 0.738 bits per heavy atom. The van der Waals surface area contributed by atoms with Crippen molar-refractivity contribution in [2.24, 2.45) is 11.0 Å². The summed E-state index contributed by atoms with van der Waals surface area (Å²) in [5.41, 5.74) is 12.8. The van der Waals surface area contributed by atoms with E-state index in [-0.39, 0.29) is 38.9 Å². The Balaban J connectivity index is 1.34. The predicted octanol–water partition coefficient (Wildman–Crippen LogP) is 11.2. The molecule has 3 aromatic rings. The molecule has 3 aromatic carbocycles. The van der Waals surface area contributed by atoms with Crippen LogP contribution >= 0.6 is 0 Å². The number of carbonyl (C=O) groups excluding carboxylic acids is 1. The van der Waals surface area contributed by atoms with Crippen LogP contribution in [0.25, 0.3) is 10.4 Å². The lowest BCUT2D eigenvalue weighted by atomic mass is 9.96. The average molecular weight is 841 g/mol. The molecule has 11 heteroatoms. The highest BCUT2D eigenvalue weighted by Gasteiger charge is 2.48. The van der Waals surface area contributed by atoms with Gasteiger partial charge in [0.15, 0.2) is 12.4 Å². The van der Waals surface area contributed by atoms with Crippen molar-refractivity contribution in [1.82, 2.24) is 5.32 Å². The summed E-state index contributed by atoms with van der Waals surface area (Å²) in [6.07, 6.45) is 13.8. The van der Waals surface area contributed by atoms with Crippen LogP contribution in [0.1, 0.15) is 114 Å². The lowest BCUT2D eigenvalue weighted by Crippen LogP contribution is -2.60. The lowest BCUT2D eigenvalue weighted by Gasteiger charge is -2.44. The molecule has 0 unspecified atom stereocenters. The fourth-order valence-electron chi connectivity index (χ4n) is 7.48. The first kappa shape index (κ1) is 49.6. The number of hydrogen-bond acceptors (Lipinski definition) is 8. The zero-order valence-corrected chi connectivity index (χ0v) is 36.8. The van der Waals surface area contributed by atoms with E-state index in [2.05, 4.69) is 35.8 Å². The summed E-state index contributed by atoms with van der Waals surface area (Å²) in [6, 6.07) is 28.5. The van der Waals surface area contributed by atoms with Gasteiger partial charge in [-0.25, -0.2) is 0 Å². The molecule has 4 rings (SSSR count). The molecule has 1 N–H and O–H groups in total. The van der Waals surface area contributed by atoms with Crippen LogP contribution < -0.4 is 5.32 Å². The van der Waals surface area contributed by atoms with Gasteiger partial charge in [0.05, 0.1) is 39.6 Å². The fraction of sp³-hybridized carbons (Fsp3) is 0.580. The van der Waals surface area contributed by atoms with E-state index in [9.17, 15) is 10.3 Å². The van der Waals surface area contributed by atoms with Crippen molar-refractivity contribution in [3.05, 3.63) is 131 Å². The Bertz CT molecular complexity index is 1630. The van der Waals surface area contributed by atoms with Gasteiger partial charge in [-0.05, 0) is 34.6 Å². The molecule has 0 radical (unpaired) electrons. The van der Waals surface area contributed by atoms with Gasteiger partial charge >= 0.3 is 0 Å². The Kier molecular flexibility index (Phi) is 25.1. The van der Waals surface area contributed by atoms with Crippen molar-refractivity contribution in [3.63, 3.8) is 0 Å². The van der Waals surface area contributed by atoms with Crippen LogP contribution in [0.2, 0.25) is 0 Å². The van der Waals surface area contributed by atoms with Gasteiger partial charge in [-0.15, -0.1) is 6.58 Å². The molecule has 61 heavy (non-hydrogen) atoms. The number of hydrogen-bond donors (Lipinski definition) is 1. The summed E-state index contributed by atoms with van der Waals surface area (Å²) in [6.45, 7) is 9.90. The molecule has 1 aliphatic rings. The standard InChI is InChI=1S/C50H72N4O7/c1-4-34-57-45(49(55)52-33-25-14-12-10-8-6-5-7-9-11-13-18-26-40(2)3)39-60-50-46(53-54-51)48(59-37-43-31-23-17-24-32-43)47(58-36-42-29-21-16-22-30-42)44(61-50)38-56-35-41-27-19-15-20-28-41/h4,15-17,19-24,27-32,40,44-48,50H,1,5-14,18,25-26,33-39H2,2-3H3,(H,52,55)/t44-,45-,46-,47-,48-,50+/m1/s1. The summed E-state index contributed by atoms with van der Waals surface area (Å²) in [7, 11) is 0. The van der Waals surface area contributed by atoms with Gasteiger partial charge in [0.1, 0.15) is 24.4 Å². The molecular formula is C50H72N4O7. The van der Waals surface area contributed by atoms with E-state index < -0.39 is 36.7 Å². The molecule has 6 atom stereocenters.